The van der Waals surface area contributed by atoms with E-state index in [1.807, 2.05) is 18.2 Å². The summed E-state index contributed by atoms with van der Waals surface area (Å²) in [4.78, 5) is 31.0. The zero-order valence-electron chi connectivity index (χ0n) is 16.9. The molecule has 2 aromatic heterocycles. The molecule has 0 aliphatic heterocycles. The van der Waals surface area contributed by atoms with Crippen LogP contribution in [0.15, 0.2) is 47.4 Å². The highest BCUT2D eigenvalue weighted by molar-refractivity contribution is 5.94. The van der Waals surface area contributed by atoms with E-state index in [9.17, 15) is 9.59 Å². The third-order valence-corrected chi connectivity index (χ3v) is 6.59. The number of benzene rings is 1. The lowest BCUT2D eigenvalue weighted by Crippen LogP contribution is -2.36. The molecule has 154 valence electrons. The second kappa shape index (κ2) is 7.55. The van der Waals surface area contributed by atoms with E-state index >= 15 is 0 Å². The molecule has 3 aromatic rings. The first-order valence-electron chi connectivity index (χ1n) is 10.4. The van der Waals surface area contributed by atoms with Gasteiger partial charge in [-0.1, -0.05) is 24.6 Å². The van der Waals surface area contributed by atoms with Gasteiger partial charge in [0.05, 0.1) is 12.5 Å². The van der Waals surface area contributed by atoms with Gasteiger partial charge in [0.15, 0.2) is 0 Å². The van der Waals surface area contributed by atoms with Crippen LogP contribution in [0.2, 0.25) is 0 Å². The lowest BCUT2D eigenvalue weighted by molar-refractivity contribution is -0.118. The van der Waals surface area contributed by atoms with Crippen LogP contribution in [0, 0.1) is 17.8 Å². The minimum absolute atomic E-state index is 0.156. The topological polar surface area (TPSA) is 86.1 Å². The van der Waals surface area contributed by atoms with E-state index in [1.165, 1.54) is 19.3 Å². The molecule has 0 saturated heterocycles. The predicted molar refractivity (Wildman–Crippen MR) is 114 cm³/mol. The fourth-order valence-electron chi connectivity index (χ4n) is 5.15. The normalized spacial score (nSPS) is 22.4. The second-order valence-corrected chi connectivity index (χ2v) is 8.37. The molecule has 2 fully saturated rings. The van der Waals surface area contributed by atoms with Crippen molar-refractivity contribution in [2.45, 2.75) is 32.1 Å². The summed E-state index contributed by atoms with van der Waals surface area (Å²) < 4.78 is 5.13. The number of nitrogens with zero attached hydrogens (tertiary/aromatic N) is 3. The van der Waals surface area contributed by atoms with Gasteiger partial charge in [-0.2, -0.15) is 0 Å². The zero-order chi connectivity index (χ0) is 20.7. The summed E-state index contributed by atoms with van der Waals surface area (Å²) in [6.45, 7) is 0. The number of carbonyl (C=O) groups excluding carboxylic acids is 1. The number of amides is 1. The molecule has 2 saturated carbocycles. The van der Waals surface area contributed by atoms with E-state index in [1.54, 1.807) is 31.5 Å². The molecule has 2 bridgehead atoms. The Balaban J connectivity index is 1.48. The Morgan fingerprint density at radius 2 is 2.00 bits per heavy atom. The molecule has 3 atom stereocenters. The van der Waals surface area contributed by atoms with Crippen LogP contribution in [0.1, 0.15) is 32.1 Å². The molecule has 0 spiro atoms. The first-order valence-corrected chi connectivity index (χ1v) is 10.4. The SMILES string of the molecule is COc1ccc(-c2nn(NC(=O)C[C@H]3C[C@@H]4CC[C@H]3C4)c(=O)c3ccccc23)cn1. The highest BCUT2D eigenvalue weighted by atomic mass is 16.5. The molecule has 1 amide bonds. The van der Waals surface area contributed by atoms with Crippen LogP contribution in [0.4, 0.5) is 0 Å². The Morgan fingerprint density at radius 3 is 2.67 bits per heavy atom. The molecule has 0 radical (unpaired) electrons. The van der Waals surface area contributed by atoms with E-state index < -0.39 is 0 Å². The van der Waals surface area contributed by atoms with Crippen molar-refractivity contribution < 1.29 is 9.53 Å². The molecule has 2 heterocycles. The standard InChI is InChI=1S/C23H24N4O3/c1-30-21-9-8-16(13-24-21)22-18-4-2-3-5-19(18)23(29)27(26-22)25-20(28)12-17-11-14-6-7-15(17)10-14/h2-5,8-9,13-15,17H,6-7,10-12H2,1H3,(H,25,28)/t14-,15+,17-/m1/s1. The first-order chi connectivity index (χ1) is 14.6. The van der Waals surface area contributed by atoms with Gasteiger partial charge in [-0.25, -0.2) is 10.4 Å². The van der Waals surface area contributed by atoms with E-state index in [4.69, 9.17) is 4.74 Å². The van der Waals surface area contributed by atoms with Gasteiger partial charge in [0, 0.05) is 29.6 Å². The van der Waals surface area contributed by atoms with Crippen molar-refractivity contribution >= 4 is 16.7 Å². The number of rotatable bonds is 5. The predicted octanol–water partition coefficient (Wildman–Crippen LogP) is 3.36. The highest BCUT2D eigenvalue weighted by Crippen LogP contribution is 2.49. The fraction of sp³-hybridized carbons (Fsp3) is 0.391. The van der Waals surface area contributed by atoms with E-state index in [-0.39, 0.29) is 11.5 Å². The Kier molecular flexibility index (Phi) is 4.73. The number of carbonyl (C=O) groups is 1. The molecule has 2 aliphatic rings. The summed E-state index contributed by atoms with van der Waals surface area (Å²) in [5.41, 5.74) is 3.72. The van der Waals surface area contributed by atoms with Crippen LogP contribution in [0.25, 0.3) is 22.0 Å². The smallest absolute Gasteiger partial charge is 0.294 e. The number of hydrogen-bond acceptors (Lipinski definition) is 5. The molecule has 2 aliphatic carbocycles. The molecular weight excluding hydrogens is 380 g/mol. The molecule has 7 nitrogen and oxygen atoms in total. The van der Waals surface area contributed by atoms with Gasteiger partial charge < -0.3 is 4.74 Å². The van der Waals surface area contributed by atoms with Gasteiger partial charge >= 0.3 is 0 Å². The van der Waals surface area contributed by atoms with Crippen LogP contribution in [0.3, 0.4) is 0 Å². The van der Waals surface area contributed by atoms with E-state index in [0.29, 0.717) is 40.6 Å². The molecule has 5 rings (SSSR count). The van der Waals surface area contributed by atoms with Crippen LogP contribution in [0.5, 0.6) is 5.88 Å². The molecule has 0 unspecified atom stereocenters. The number of hydrogen-bond donors (Lipinski definition) is 1. The van der Waals surface area contributed by atoms with Crippen LogP contribution in [-0.4, -0.2) is 27.9 Å². The van der Waals surface area contributed by atoms with Gasteiger partial charge in [0.1, 0.15) is 5.69 Å². The highest BCUT2D eigenvalue weighted by Gasteiger charge is 2.40. The summed E-state index contributed by atoms with van der Waals surface area (Å²) in [5, 5.41) is 5.69. The number of methoxy groups -OCH3 is 1. The minimum Gasteiger partial charge on any atom is -0.481 e. The Labute approximate surface area is 174 Å². The molecule has 1 N–H and O–H groups in total. The third-order valence-electron chi connectivity index (χ3n) is 6.59. The lowest BCUT2D eigenvalue weighted by atomic mass is 9.86. The number of ether oxygens (including phenoxy) is 1. The van der Waals surface area contributed by atoms with Crippen LogP contribution >= 0.6 is 0 Å². The number of fused-ring (bicyclic) bond motifs is 3. The second-order valence-electron chi connectivity index (χ2n) is 8.37. The van der Waals surface area contributed by atoms with Crippen molar-refractivity contribution in [3.63, 3.8) is 0 Å². The number of nitrogens with one attached hydrogen (secondary N) is 1. The fourth-order valence-corrected chi connectivity index (χ4v) is 5.15. The van der Waals surface area contributed by atoms with Crippen molar-refractivity contribution in [1.82, 2.24) is 14.9 Å². The minimum atomic E-state index is -0.336. The van der Waals surface area contributed by atoms with Crippen LogP contribution in [-0.2, 0) is 4.79 Å². The Morgan fingerprint density at radius 1 is 1.17 bits per heavy atom. The van der Waals surface area contributed by atoms with Crippen molar-refractivity contribution in [2.75, 3.05) is 12.5 Å². The summed E-state index contributed by atoms with van der Waals surface area (Å²) in [6, 6.07) is 10.9. The molecule has 30 heavy (non-hydrogen) atoms. The van der Waals surface area contributed by atoms with Gasteiger partial charge in [-0.15, -0.1) is 9.89 Å². The molecule has 1 aromatic carbocycles. The van der Waals surface area contributed by atoms with Crippen molar-refractivity contribution in [2.24, 2.45) is 17.8 Å². The Hall–Kier alpha value is -3.22. The average Bonchev–Trinajstić information content (AvgIpc) is 3.39. The van der Waals surface area contributed by atoms with Crippen molar-refractivity contribution in [1.29, 1.82) is 0 Å². The number of aromatic nitrogens is 3. The summed E-state index contributed by atoms with van der Waals surface area (Å²) in [6.07, 6.45) is 7.00. The largest absolute Gasteiger partial charge is 0.481 e. The maximum Gasteiger partial charge on any atom is 0.294 e. The van der Waals surface area contributed by atoms with Gasteiger partial charge in [0.2, 0.25) is 11.8 Å². The van der Waals surface area contributed by atoms with Crippen molar-refractivity contribution in [3.8, 4) is 17.1 Å². The lowest BCUT2D eigenvalue weighted by Gasteiger charge is -2.21. The van der Waals surface area contributed by atoms with Gasteiger partial charge in [0.25, 0.3) is 5.56 Å². The number of pyridine rings is 1. The summed E-state index contributed by atoms with van der Waals surface area (Å²) in [5.74, 6) is 2.20. The third kappa shape index (κ3) is 3.34. The summed E-state index contributed by atoms with van der Waals surface area (Å²) >= 11 is 0. The van der Waals surface area contributed by atoms with Gasteiger partial charge in [-0.3, -0.25) is 9.59 Å². The Bertz CT molecular complexity index is 1160. The monoisotopic (exact) mass is 404 g/mol. The molecular formula is C23H24N4O3. The van der Waals surface area contributed by atoms with Crippen molar-refractivity contribution in [3.05, 3.63) is 52.9 Å². The average molecular weight is 404 g/mol. The summed E-state index contributed by atoms with van der Waals surface area (Å²) in [7, 11) is 1.56. The van der Waals surface area contributed by atoms with E-state index in [2.05, 4.69) is 15.5 Å². The van der Waals surface area contributed by atoms with E-state index in [0.717, 1.165) is 22.7 Å². The zero-order valence-corrected chi connectivity index (χ0v) is 16.9. The first kappa shape index (κ1) is 18.8. The maximum atomic E-state index is 13.0. The van der Waals surface area contributed by atoms with Gasteiger partial charge in [-0.05, 0) is 49.1 Å². The van der Waals surface area contributed by atoms with Crippen LogP contribution < -0.4 is 15.7 Å². The molecule has 7 heteroatoms. The maximum absolute atomic E-state index is 13.0. The quantitative estimate of drug-likeness (QED) is 0.705.